The lowest BCUT2D eigenvalue weighted by atomic mass is 9.81. The maximum Gasteiger partial charge on any atom is 0.0438 e. The molecule has 82 valence electrons. The van der Waals surface area contributed by atoms with E-state index in [0.29, 0.717) is 0 Å². The Bertz CT molecular complexity index is 344. The molecule has 1 saturated carbocycles. The summed E-state index contributed by atoms with van der Waals surface area (Å²) in [6.45, 7) is 2.28. The number of benzene rings is 1. The van der Waals surface area contributed by atoms with E-state index < -0.39 is 0 Å². The maximum atomic E-state index is 6.17. The SMILES string of the molecule is CC(CCl)(Cc1ccccc1Cl)C1CC1. The first kappa shape index (κ1) is 11.3. The second-order valence-corrected chi connectivity index (χ2v) is 5.50. The lowest BCUT2D eigenvalue weighted by Crippen LogP contribution is -2.24. The molecule has 15 heavy (non-hydrogen) atoms. The molecule has 0 aliphatic heterocycles. The Hall–Kier alpha value is -0.200. The lowest BCUT2D eigenvalue weighted by molar-refractivity contribution is 0.313. The van der Waals surface area contributed by atoms with Crippen molar-refractivity contribution in [3.8, 4) is 0 Å². The van der Waals surface area contributed by atoms with E-state index >= 15 is 0 Å². The van der Waals surface area contributed by atoms with Crippen molar-refractivity contribution in [2.45, 2.75) is 26.2 Å². The van der Waals surface area contributed by atoms with Gasteiger partial charge >= 0.3 is 0 Å². The summed E-state index contributed by atoms with van der Waals surface area (Å²) in [6.07, 6.45) is 3.65. The van der Waals surface area contributed by atoms with E-state index in [4.69, 9.17) is 23.2 Å². The van der Waals surface area contributed by atoms with Crippen molar-refractivity contribution in [1.82, 2.24) is 0 Å². The molecule has 1 aliphatic carbocycles. The first-order valence-electron chi connectivity index (χ1n) is 5.45. The predicted octanol–water partition coefficient (Wildman–Crippen LogP) is 4.54. The van der Waals surface area contributed by atoms with Crippen LogP contribution in [0.1, 0.15) is 25.3 Å². The largest absolute Gasteiger partial charge is 0.126 e. The quantitative estimate of drug-likeness (QED) is 0.681. The summed E-state index contributed by atoms with van der Waals surface area (Å²) in [5, 5.41) is 0.870. The first-order valence-corrected chi connectivity index (χ1v) is 6.36. The Labute approximate surface area is 102 Å². The minimum Gasteiger partial charge on any atom is -0.126 e. The third kappa shape index (κ3) is 2.49. The third-order valence-corrected chi connectivity index (χ3v) is 4.40. The number of halogens is 2. The zero-order chi connectivity index (χ0) is 10.9. The number of hydrogen-bond acceptors (Lipinski definition) is 0. The van der Waals surface area contributed by atoms with Crippen LogP contribution in [0.5, 0.6) is 0 Å². The van der Waals surface area contributed by atoms with Gasteiger partial charge in [-0.25, -0.2) is 0 Å². The summed E-state index contributed by atoms with van der Waals surface area (Å²) in [5.41, 5.74) is 1.46. The van der Waals surface area contributed by atoms with Crippen molar-refractivity contribution >= 4 is 23.2 Å². The maximum absolute atomic E-state index is 6.17. The summed E-state index contributed by atoms with van der Waals surface area (Å²) in [4.78, 5) is 0. The van der Waals surface area contributed by atoms with Gasteiger partial charge in [-0.2, -0.15) is 0 Å². The van der Waals surface area contributed by atoms with Gasteiger partial charge in [0, 0.05) is 10.9 Å². The summed E-state index contributed by atoms with van der Waals surface area (Å²) >= 11 is 12.3. The Balaban J connectivity index is 2.16. The van der Waals surface area contributed by atoms with Crippen molar-refractivity contribution in [2.24, 2.45) is 11.3 Å². The van der Waals surface area contributed by atoms with Crippen molar-refractivity contribution in [3.05, 3.63) is 34.9 Å². The summed E-state index contributed by atoms with van der Waals surface area (Å²) < 4.78 is 0. The second-order valence-electron chi connectivity index (χ2n) is 4.83. The van der Waals surface area contributed by atoms with Crippen LogP contribution in [0.4, 0.5) is 0 Å². The number of alkyl halides is 1. The van der Waals surface area contributed by atoms with E-state index in [1.54, 1.807) is 0 Å². The van der Waals surface area contributed by atoms with Crippen LogP contribution in [0, 0.1) is 11.3 Å². The standard InChI is InChI=1S/C13H16Cl2/c1-13(9-14,11-6-7-11)8-10-4-2-3-5-12(10)15/h2-5,11H,6-9H2,1H3. The van der Waals surface area contributed by atoms with Gasteiger partial charge in [-0.05, 0) is 42.2 Å². The fraction of sp³-hybridized carbons (Fsp3) is 0.538. The van der Waals surface area contributed by atoms with E-state index in [-0.39, 0.29) is 5.41 Å². The molecule has 0 spiro atoms. The van der Waals surface area contributed by atoms with E-state index in [1.165, 1.54) is 18.4 Å². The molecule has 1 aliphatic rings. The minimum atomic E-state index is 0.229. The highest BCUT2D eigenvalue weighted by Crippen LogP contribution is 2.48. The van der Waals surface area contributed by atoms with Crippen LogP contribution in [0.3, 0.4) is 0 Å². The van der Waals surface area contributed by atoms with Crippen LogP contribution in [-0.2, 0) is 6.42 Å². The minimum absolute atomic E-state index is 0.229. The normalized spacial score (nSPS) is 19.9. The molecule has 2 heteroatoms. The fourth-order valence-corrected chi connectivity index (χ4v) is 2.67. The molecule has 2 rings (SSSR count). The molecular weight excluding hydrogens is 227 g/mol. The van der Waals surface area contributed by atoms with Crippen LogP contribution >= 0.6 is 23.2 Å². The molecule has 0 N–H and O–H groups in total. The van der Waals surface area contributed by atoms with Crippen molar-refractivity contribution < 1.29 is 0 Å². The van der Waals surface area contributed by atoms with Gasteiger partial charge in [-0.15, -0.1) is 11.6 Å². The van der Waals surface area contributed by atoms with Crippen molar-refractivity contribution in [3.63, 3.8) is 0 Å². The van der Waals surface area contributed by atoms with E-state index in [0.717, 1.165) is 23.2 Å². The van der Waals surface area contributed by atoms with E-state index in [1.807, 2.05) is 18.2 Å². The topological polar surface area (TPSA) is 0 Å². The molecule has 0 radical (unpaired) electrons. The highest BCUT2D eigenvalue weighted by molar-refractivity contribution is 6.31. The highest BCUT2D eigenvalue weighted by Gasteiger charge is 2.40. The van der Waals surface area contributed by atoms with Gasteiger partial charge in [-0.3, -0.25) is 0 Å². The molecule has 1 unspecified atom stereocenters. The van der Waals surface area contributed by atoms with Gasteiger partial charge in [0.1, 0.15) is 0 Å². The Morgan fingerprint density at radius 3 is 2.53 bits per heavy atom. The zero-order valence-electron chi connectivity index (χ0n) is 8.97. The average Bonchev–Trinajstić information content (AvgIpc) is 3.05. The molecule has 0 bridgehead atoms. The highest BCUT2D eigenvalue weighted by atomic mass is 35.5. The molecule has 1 fully saturated rings. The van der Waals surface area contributed by atoms with E-state index in [9.17, 15) is 0 Å². The van der Waals surface area contributed by atoms with Crippen molar-refractivity contribution in [1.29, 1.82) is 0 Å². The molecule has 0 nitrogen and oxygen atoms in total. The van der Waals surface area contributed by atoms with Gasteiger partial charge in [0.2, 0.25) is 0 Å². The monoisotopic (exact) mass is 242 g/mol. The predicted molar refractivity (Wildman–Crippen MR) is 66.7 cm³/mol. The molecule has 1 atom stereocenters. The summed E-state index contributed by atoms with van der Waals surface area (Å²) in [6, 6.07) is 8.08. The summed E-state index contributed by atoms with van der Waals surface area (Å²) in [7, 11) is 0. The molecular formula is C13H16Cl2. The second kappa shape index (κ2) is 4.35. The van der Waals surface area contributed by atoms with Crippen LogP contribution in [0.25, 0.3) is 0 Å². The fourth-order valence-electron chi connectivity index (χ4n) is 2.16. The van der Waals surface area contributed by atoms with Gasteiger partial charge in [0.15, 0.2) is 0 Å². The molecule has 1 aromatic rings. The summed E-state index contributed by atoms with van der Waals surface area (Å²) in [5.74, 6) is 1.52. The van der Waals surface area contributed by atoms with Crippen LogP contribution < -0.4 is 0 Å². The Morgan fingerprint density at radius 2 is 2.00 bits per heavy atom. The molecule has 0 heterocycles. The van der Waals surface area contributed by atoms with Crippen LogP contribution in [0.15, 0.2) is 24.3 Å². The molecule has 0 saturated heterocycles. The first-order chi connectivity index (χ1) is 7.15. The smallest absolute Gasteiger partial charge is 0.0438 e. The number of hydrogen-bond donors (Lipinski definition) is 0. The lowest BCUT2D eigenvalue weighted by Gasteiger charge is -2.27. The zero-order valence-corrected chi connectivity index (χ0v) is 10.5. The van der Waals surface area contributed by atoms with Crippen molar-refractivity contribution in [2.75, 3.05) is 5.88 Å². The molecule has 0 aromatic heterocycles. The van der Waals surface area contributed by atoms with Gasteiger partial charge in [-0.1, -0.05) is 36.7 Å². The molecule has 1 aromatic carbocycles. The Kier molecular flexibility index (Phi) is 3.27. The van der Waals surface area contributed by atoms with E-state index in [2.05, 4.69) is 13.0 Å². The molecule has 0 amide bonds. The van der Waals surface area contributed by atoms with Crippen LogP contribution in [-0.4, -0.2) is 5.88 Å². The van der Waals surface area contributed by atoms with Gasteiger partial charge < -0.3 is 0 Å². The average molecular weight is 243 g/mol. The van der Waals surface area contributed by atoms with Crippen LogP contribution in [0.2, 0.25) is 5.02 Å². The Morgan fingerprint density at radius 1 is 1.33 bits per heavy atom. The third-order valence-electron chi connectivity index (χ3n) is 3.42. The van der Waals surface area contributed by atoms with Gasteiger partial charge in [0.25, 0.3) is 0 Å². The van der Waals surface area contributed by atoms with Gasteiger partial charge in [0.05, 0.1) is 0 Å². The number of rotatable bonds is 4.